The Morgan fingerprint density at radius 1 is 1.29 bits per heavy atom. The molecule has 1 aromatic rings. The van der Waals surface area contributed by atoms with Crippen LogP contribution < -0.4 is 5.32 Å². The van der Waals surface area contributed by atoms with Crippen molar-refractivity contribution in [3.63, 3.8) is 0 Å². The van der Waals surface area contributed by atoms with Gasteiger partial charge in [0.05, 0.1) is 5.56 Å². The number of aromatic carboxylic acids is 1. The number of anilines is 1. The first-order valence-corrected chi connectivity index (χ1v) is 6.99. The molecular formula is C16H24N2O3. The smallest absolute Gasteiger partial charge is 0.336 e. The molecule has 0 aliphatic rings. The van der Waals surface area contributed by atoms with Crippen LogP contribution in [0.15, 0.2) is 12.1 Å². The molecule has 0 radical (unpaired) electrons. The zero-order chi connectivity index (χ0) is 16.4. The van der Waals surface area contributed by atoms with E-state index in [9.17, 15) is 14.7 Å². The maximum atomic E-state index is 12.3. The summed E-state index contributed by atoms with van der Waals surface area (Å²) in [5.41, 5.74) is 1.99. The largest absolute Gasteiger partial charge is 0.478 e. The standard InChI is InChI=1S/C16H24N2O3/c1-7-16(4,5)18(6)15(21)17-12-8-10(2)11(3)13(9-12)14(19)20/h8-9H,7H2,1-6H3,(H,17,21)(H,19,20). The average molecular weight is 292 g/mol. The highest BCUT2D eigenvalue weighted by Gasteiger charge is 2.25. The summed E-state index contributed by atoms with van der Waals surface area (Å²) in [6, 6.07) is 3.03. The van der Waals surface area contributed by atoms with Crippen molar-refractivity contribution in [1.82, 2.24) is 4.90 Å². The van der Waals surface area contributed by atoms with Crippen molar-refractivity contribution >= 4 is 17.7 Å². The minimum absolute atomic E-state index is 0.211. The van der Waals surface area contributed by atoms with Crippen LogP contribution in [0.4, 0.5) is 10.5 Å². The van der Waals surface area contributed by atoms with Crippen LogP contribution in [0.3, 0.4) is 0 Å². The summed E-state index contributed by atoms with van der Waals surface area (Å²) in [6.07, 6.45) is 0.824. The maximum Gasteiger partial charge on any atom is 0.336 e. The van der Waals surface area contributed by atoms with Crippen molar-refractivity contribution < 1.29 is 14.7 Å². The van der Waals surface area contributed by atoms with E-state index < -0.39 is 5.97 Å². The molecule has 0 aliphatic heterocycles. The summed E-state index contributed by atoms with van der Waals surface area (Å²) in [7, 11) is 1.73. The number of hydrogen-bond donors (Lipinski definition) is 2. The summed E-state index contributed by atoms with van der Waals surface area (Å²) in [5, 5.41) is 12.0. The lowest BCUT2D eigenvalue weighted by molar-refractivity contribution is 0.0696. The highest BCUT2D eigenvalue weighted by molar-refractivity contribution is 5.94. The fourth-order valence-electron chi connectivity index (χ4n) is 1.87. The third kappa shape index (κ3) is 3.74. The molecule has 2 amide bonds. The molecule has 0 saturated heterocycles. The lowest BCUT2D eigenvalue weighted by atomic mass is 10.0. The van der Waals surface area contributed by atoms with E-state index >= 15 is 0 Å². The van der Waals surface area contributed by atoms with Crippen LogP contribution in [-0.4, -0.2) is 34.6 Å². The molecule has 0 saturated carbocycles. The number of carboxylic acids is 1. The molecule has 0 fully saturated rings. The third-order valence-electron chi connectivity index (χ3n) is 4.23. The fourth-order valence-corrected chi connectivity index (χ4v) is 1.87. The summed E-state index contributed by atoms with van der Waals surface area (Å²) in [5.74, 6) is -0.992. The number of hydrogen-bond acceptors (Lipinski definition) is 2. The van der Waals surface area contributed by atoms with Crippen LogP contribution in [0.25, 0.3) is 0 Å². The van der Waals surface area contributed by atoms with Crippen LogP contribution in [0.5, 0.6) is 0 Å². The number of benzene rings is 1. The topological polar surface area (TPSA) is 69.6 Å². The number of urea groups is 1. The first kappa shape index (κ1) is 17.0. The van der Waals surface area contributed by atoms with E-state index in [4.69, 9.17) is 0 Å². The number of carboxylic acid groups (broad SMARTS) is 1. The molecule has 21 heavy (non-hydrogen) atoms. The predicted octanol–water partition coefficient (Wildman–Crippen LogP) is 3.65. The van der Waals surface area contributed by atoms with E-state index in [0.29, 0.717) is 11.3 Å². The molecule has 0 unspecified atom stereocenters. The second-order valence-electron chi connectivity index (χ2n) is 5.93. The maximum absolute atomic E-state index is 12.3. The first-order valence-electron chi connectivity index (χ1n) is 6.99. The quantitative estimate of drug-likeness (QED) is 0.889. The molecule has 1 rings (SSSR count). The Morgan fingerprint density at radius 3 is 2.33 bits per heavy atom. The van der Waals surface area contributed by atoms with E-state index in [0.717, 1.165) is 12.0 Å². The number of nitrogens with zero attached hydrogens (tertiary/aromatic N) is 1. The van der Waals surface area contributed by atoms with Gasteiger partial charge < -0.3 is 15.3 Å². The van der Waals surface area contributed by atoms with Crippen molar-refractivity contribution in [3.8, 4) is 0 Å². The number of carbonyl (C=O) groups excluding carboxylic acids is 1. The molecule has 0 spiro atoms. The van der Waals surface area contributed by atoms with Gasteiger partial charge in [0.15, 0.2) is 0 Å². The normalized spacial score (nSPS) is 11.1. The molecule has 5 heteroatoms. The fraction of sp³-hybridized carbons (Fsp3) is 0.500. The highest BCUT2D eigenvalue weighted by Crippen LogP contribution is 2.22. The second kappa shape index (κ2) is 6.16. The molecule has 0 aromatic heterocycles. The monoisotopic (exact) mass is 292 g/mol. The molecule has 0 bridgehead atoms. The molecule has 0 aliphatic carbocycles. The summed E-state index contributed by atoms with van der Waals surface area (Å²) in [6.45, 7) is 9.57. The molecule has 0 atom stereocenters. The van der Waals surface area contributed by atoms with E-state index in [1.807, 2.05) is 27.7 Å². The molecule has 5 nitrogen and oxygen atoms in total. The Morgan fingerprint density at radius 2 is 1.86 bits per heavy atom. The Hall–Kier alpha value is -2.04. The molecule has 2 N–H and O–H groups in total. The van der Waals surface area contributed by atoms with Crippen LogP contribution in [0, 0.1) is 13.8 Å². The van der Waals surface area contributed by atoms with Crippen molar-refractivity contribution in [1.29, 1.82) is 0 Å². The zero-order valence-corrected chi connectivity index (χ0v) is 13.6. The van der Waals surface area contributed by atoms with Gasteiger partial charge in [-0.25, -0.2) is 9.59 Å². The number of nitrogens with one attached hydrogen (secondary N) is 1. The van der Waals surface area contributed by atoms with Crippen LogP contribution in [0.2, 0.25) is 0 Å². The summed E-state index contributed by atoms with van der Waals surface area (Å²) in [4.78, 5) is 25.1. The van der Waals surface area contributed by atoms with E-state index in [-0.39, 0.29) is 17.1 Å². The van der Waals surface area contributed by atoms with Gasteiger partial charge in [-0.1, -0.05) is 6.92 Å². The minimum Gasteiger partial charge on any atom is -0.478 e. The number of rotatable bonds is 4. The predicted molar refractivity (Wildman–Crippen MR) is 84.0 cm³/mol. The van der Waals surface area contributed by atoms with Gasteiger partial charge >= 0.3 is 12.0 Å². The van der Waals surface area contributed by atoms with Gasteiger partial charge in [-0.15, -0.1) is 0 Å². The number of amides is 2. The van der Waals surface area contributed by atoms with Crippen molar-refractivity contribution in [2.45, 2.75) is 46.6 Å². The van der Waals surface area contributed by atoms with Gasteiger partial charge in [0, 0.05) is 18.3 Å². The lowest BCUT2D eigenvalue weighted by Gasteiger charge is -2.34. The second-order valence-corrected chi connectivity index (χ2v) is 5.93. The molecular weight excluding hydrogens is 268 g/mol. The van der Waals surface area contributed by atoms with Crippen molar-refractivity contribution in [2.24, 2.45) is 0 Å². The number of aryl methyl sites for hydroxylation is 1. The van der Waals surface area contributed by atoms with E-state index in [1.165, 1.54) is 6.07 Å². The van der Waals surface area contributed by atoms with E-state index in [1.54, 1.807) is 24.9 Å². The average Bonchev–Trinajstić information content (AvgIpc) is 2.41. The first-order chi connectivity index (χ1) is 9.60. The van der Waals surface area contributed by atoms with Gasteiger partial charge in [-0.05, 0) is 57.4 Å². The minimum atomic E-state index is -0.992. The van der Waals surface area contributed by atoms with Crippen molar-refractivity contribution in [2.75, 3.05) is 12.4 Å². The summed E-state index contributed by atoms with van der Waals surface area (Å²) >= 11 is 0. The Balaban J connectivity index is 3.04. The van der Waals surface area contributed by atoms with Crippen LogP contribution in [0.1, 0.15) is 48.7 Å². The Labute approximate surface area is 126 Å². The third-order valence-corrected chi connectivity index (χ3v) is 4.23. The van der Waals surface area contributed by atoms with Crippen molar-refractivity contribution in [3.05, 3.63) is 28.8 Å². The summed E-state index contributed by atoms with van der Waals surface area (Å²) < 4.78 is 0. The van der Waals surface area contributed by atoms with Crippen LogP contribution >= 0.6 is 0 Å². The highest BCUT2D eigenvalue weighted by atomic mass is 16.4. The van der Waals surface area contributed by atoms with Gasteiger partial charge in [0.25, 0.3) is 0 Å². The molecule has 116 valence electrons. The Kier molecular flexibility index (Phi) is 4.99. The lowest BCUT2D eigenvalue weighted by Crippen LogP contribution is -2.46. The molecule has 0 heterocycles. The van der Waals surface area contributed by atoms with Gasteiger partial charge in [-0.2, -0.15) is 0 Å². The van der Waals surface area contributed by atoms with Gasteiger partial charge in [-0.3, -0.25) is 0 Å². The van der Waals surface area contributed by atoms with Gasteiger partial charge in [0.2, 0.25) is 0 Å². The molecule has 1 aromatic carbocycles. The SMILES string of the molecule is CCC(C)(C)N(C)C(=O)Nc1cc(C)c(C)c(C(=O)O)c1. The zero-order valence-electron chi connectivity index (χ0n) is 13.6. The Bertz CT molecular complexity index is 565. The number of carbonyl (C=O) groups is 2. The van der Waals surface area contributed by atoms with E-state index in [2.05, 4.69) is 5.32 Å². The van der Waals surface area contributed by atoms with Crippen LogP contribution in [-0.2, 0) is 0 Å². The van der Waals surface area contributed by atoms with Gasteiger partial charge in [0.1, 0.15) is 0 Å².